The van der Waals surface area contributed by atoms with Crippen LogP contribution in [0.4, 0.5) is 0 Å². The maximum atomic E-state index is 12.0. The number of carbonyl (C=O) groups is 1. The fourth-order valence-electron chi connectivity index (χ4n) is 1.67. The van der Waals surface area contributed by atoms with Crippen LogP contribution >= 0.6 is 11.3 Å². The Balaban J connectivity index is 1.82. The van der Waals surface area contributed by atoms with Crippen LogP contribution in [0.1, 0.15) is 16.3 Å². The van der Waals surface area contributed by atoms with Crippen LogP contribution in [0.15, 0.2) is 28.1 Å². The minimum Gasteiger partial charge on any atom is -0.360 e. The fraction of sp³-hybridized carbons (Fsp3) is 0.385. The first-order valence-corrected chi connectivity index (χ1v) is 8.45. The van der Waals surface area contributed by atoms with E-state index in [0.29, 0.717) is 12.3 Å². The van der Waals surface area contributed by atoms with Gasteiger partial charge in [-0.1, -0.05) is 11.2 Å². The van der Waals surface area contributed by atoms with E-state index in [1.54, 1.807) is 36.3 Å². The number of nitrogens with zero attached hydrogens (tertiary/aromatic N) is 2. The van der Waals surface area contributed by atoms with Gasteiger partial charge in [0.15, 0.2) is 0 Å². The molecule has 20 heavy (non-hydrogen) atoms. The number of thiophene rings is 1. The van der Waals surface area contributed by atoms with Gasteiger partial charge in [0.2, 0.25) is 5.91 Å². The maximum Gasteiger partial charge on any atom is 0.235 e. The van der Waals surface area contributed by atoms with Crippen molar-refractivity contribution in [2.24, 2.45) is 0 Å². The van der Waals surface area contributed by atoms with E-state index < -0.39 is 10.8 Å². The van der Waals surface area contributed by atoms with Crippen LogP contribution in [-0.2, 0) is 27.9 Å². The molecule has 1 atom stereocenters. The molecule has 1 amide bonds. The Morgan fingerprint density at radius 2 is 2.35 bits per heavy atom. The smallest absolute Gasteiger partial charge is 0.235 e. The van der Waals surface area contributed by atoms with Crippen LogP contribution in [0, 0.1) is 6.92 Å². The van der Waals surface area contributed by atoms with Crippen molar-refractivity contribution in [2.75, 3.05) is 12.8 Å². The monoisotopic (exact) mass is 312 g/mol. The van der Waals surface area contributed by atoms with E-state index in [9.17, 15) is 9.00 Å². The molecule has 2 rings (SSSR count). The third-order valence-electron chi connectivity index (χ3n) is 2.66. The number of hydrogen-bond acceptors (Lipinski definition) is 5. The lowest BCUT2D eigenvalue weighted by Gasteiger charge is -2.15. The highest BCUT2D eigenvalue weighted by atomic mass is 32.2. The van der Waals surface area contributed by atoms with E-state index >= 15 is 0 Å². The molecule has 0 aliphatic heterocycles. The van der Waals surface area contributed by atoms with Crippen LogP contribution in [0.25, 0.3) is 0 Å². The second-order valence-electron chi connectivity index (χ2n) is 4.49. The summed E-state index contributed by atoms with van der Waals surface area (Å²) in [6, 6.07) is 5.66. The van der Waals surface area contributed by atoms with Gasteiger partial charge in [0, 0.05) is 28.8 Å². The van der Waals surface area contributed by atoms with E-state index in [1.165, 1.54) is 0 Å². The summed E-state index contributed by atoms with van der Waals surface area (Å²) in [6.07, 6.45) is 0. The summed E-state index contributed by atoms with van der Waals surface area (Å²) in [4.78, 5) is 14.7. The molecule has 5 nitrogen and oxygen atoms in total. The summed E-state index contributed by atoms with van der Waals surface area (Å²) >= 11 is 1.60. The second-order valence-corrected chi connectivity index (χ2v) is 6.98. The molecule has 108 valence electrons. The third kappa shape index (κ3) is 4.28. The molecule has 2 aromatic heterocycles. The zero-order valence-corrected chi connectivity index (χ0v) is 13.0. The molecule has 0 saturated heterocycles. The Bertz CT molecular complexity index is 593. The highest BCUT2D eigenvalue weighted by Gasteiger charge is 2.15. The molecule has 0 fully saturated rings. The van der Waals surface area contributed by atoms with Gasteiger partial charge in [-0.2, -0.15) is 0 Å². The standard InChI is InChI=1S/C13H16N2O3S2/c1-10-6-11(18-14-10)8-20(17)9-13(16)15(2)7-12-4-3-5-19-12/h3-6H,7-9H2,1-2H3/t20-/m0/s1. The third-order valence-corrected chi connectivity index (χ3v) is 4.70. The first-order valence-electron chi connectivity index (χ1n) is 6.08. The lowest BCUT2D eigenvalue weighted by atomic mass is 10.4. The second kappa shape index (κ2) is 6.81. The molecule has 0 bridgehead atoms. The SMILES string of the molecule is Cc1cc(C[S@](=O)CC(=O)N(C)Cc2cccs2)on1. The van der Waals surface area contributed by atoms with Crippen molar-refractivity contribution in [1.82, 2.24) is 10.1 Å². The zero-order chi connectivity index (χ0) is 14.5. The van der Waals surface area contributed by atoms with Crippen molar-refractivity contribution in [3.8, 4) is 0 Å². The van der Waals surface area contributed by atoms with Gasteiger partial charge in [-0.3, -0.25) is 9.00 Å². The molecule has 0 aromatic carbocycles. The van der Waals surface area contributed by atoms with E-state index in [1.807, 2.05) is 17.5 Å². The molecule has 2 aromatic rings. The topological polar surface area (TPSA) is 63.4 Å². The number of aryl methyl sites for hydroxylation is 1. The highest BCUT2D eigenvalue weighted by Crippen LogP contribution is 2.11. The quantitative estimate of drug-likeness (QED) is 0.818. The Labute approximate surface area is 124 Å². The molecule has 7 heteroatoms. The first-order chi connectivity index (χ1) is 9.54. The van der Waals surface area contributed by atoms with Gasteiger partial charge in [-0.25, -0.2) is 0 Å². The predicted molar refractivity (Wildman–Crippen MR) is 78.7 cm³/mol. The van der Waals surface area contributed by atoms with Gasteiger partial charge in [0.05, 0.1) is 18.0 Å². The van der Waals surface area contributed by atoms with Crippen LogP contribution in [-0.4, -0.2) is 33.0 Å². The van der Waals surface area contributed by atoms with Crippen LogP contribution in [0.2, 0.25) is 0 Å². The van der Waals surface area contributed by atoms with E-state index in [4.69, 9.17) is 4.52 Å². The lowest BCUT2D eigenvalue weighted by molar-refractivity contribution is -0.127. The number of amides is 1. The molecule has 0 aliphatic carbocycles. The van der Waals surface area contributed by atoms with Crippen molar-refractivity contribution in [3.63, 3.8) is 0 Å². The summed E-state index contributed by atoms with van der Waals surface area (Å²) < 4.78 is 16.9. The minimum absolute atomic E-state index is 0.00161. The molecule has 0 aliphatic rings. The van der Waals surface area contributed by atoms with Crippen LogP contribution in [0.5, 0.6) is 0 Å². The number of rotatable bonds is 6. The molecular weight excluding hydrogens is 296 g/mol. The van der Waals surface area contributed by atoms with Crippen molar-refractivity contribution < 1.29 is 13.5 Å². The van der Waals surface area contributed by atoms with Gasteiger partial charge in [-0.15, -0.1) is 11.3 Å². The molecular formula is C13H16N2O3S2. The summed E-state index contributed by atoms with van der Waals surface area (Å²) in [6.45, 7) is 2.35. The van der Waals surface area contributed by atoms with Gasteiger partial charge in [-0.05, 0) is 18.4 Å². The van der Waals surface area contributed by atoms with Crippen LogP contribution < -0.4 is 0 Å². The summed E-state index contributed by atoms with van der Waals surface area (Å²) in [5, 5.41) is 5.70. The molecule has 0 spiro atoms. The molecule has 0 N–H and O–H groups in total. The minimum atomic E-state index is -1.28. The van der Waals surface area contributed by atoms with E-state index in [0.717, 1.165) is 10.6 Å². The van der Waals surface area contributed by atoms with Gasteiger partial charge >= 0.3 is 0 Å². The lowest BCUT2D eigenvalue weighted by Crippen LogP contribution is -2.30. The van der Waals surface area contributed by atoms with Crippen molar-refractivity contribution in [1.29, 1.82) is 0 Å². The Kier molecular flexibility index (Phi) is 5.08. The average molecular weight is 312 g/mol. The van der Waals surface area contributed by atoms with E-state index in [-0.39, 0.29) is 17.4 Å². The molecule has 2 heterocycles. The average Bonchev–Trinajstić information content (AvgIpc) is 3.01. The van der Waals surface area contributed by atoms with Crippen molar-refractivity contribution >= 4 is 28.0 Å². The molecule has 0 saturated carbocycles. The number of aromatic nitrogens is 1. The largest absolute Gasteiger partial charge is 0.360 e. The zero-order valence-electron chi connectivity index (χ0n) is 11.4. The van der Waals surface area contributed by atoms with Crippen molar-refractivity contribution in [3.05, 3.63) is 39.9 Å². The van der Waals surface area contributed by atoms with Gasteiger partial charge < -0.3 is 9.42 Å². The predicted octanol–water partition coefficient (Wildman–Crippen LogP) is 1.95. The summed E-state index contributed by atoms with van der Waals surface area (Å²) in [5.41, 5.74) is 0.748. The molecule has 0 unspecified atom stereocenters. The summed E-state index contributed by atoms with van der Waals surface area (Å²) in [7, 11) is 0.442. The Morgan fingerprint density at radius 1 is 1.55 bits per heavy atom. The number of hydrogen-bond donors (Lipinski definition) is 0. The van der Waals surface area contributed by atoms with Crippen LogP contribution in [0.3, 0.4) is 0 Å². The Hall–Kier alpha value is -1.47. The van der Waals surface area contributed by atoms with Gasteiger partial charge in [0.1, 0.15) is 11.5 Å². The van der Waals surface area contributed by atoms with Crippen molar-refractivity contribution in [2.45, 2.75) is 19.2 Å². The fourth-order valence-corrected chi connectivity index (χ4v) is 3.47. The normalized spacial score (nSPS) is 12.3. The van der Waals surface area contributed by atoms with E-state index in [2.05, 4.69) is 5.16 Å². The summed E-state index contributed by atoms with van der Waals surface area (Å²) in [5.74, 6) is 0.642. The highest BCUT2D eigenvalue weighted by molar-refractivity contribution is 7.84. The molecule has 0 radical (unpaired) electrons. The first kappa shape index (κ1) is 14.9. The van der Waals surface area contributed by atoms with Gasteiger partial charge in [0.25, 0.3) is 0 Å². The maximum absolute atomic E-state index is 12.0. The number of carbonyl (C=O) groups excluding carboxylic acids is 1. The Morgan fingerprint density at radius 3 is 2.95 bits per heavy atom.